The molecule has 0 spiro atoms. The van der Waals surface area contributed by atoms with Gasteiger partial charge < -0.3 is 4.90 Å². The number of amides is 2. The van der Waals surface area contributed by atoms with Crippen molar-refractivity contribution in [1.29, 1.82) is 0 Å². The molecule has 0 N–H and O–H groups in total. The van der Waals surface area contributed by atoms with E-state index in [-0.39, 0.29) is 23.5 Å². The lowest BCUT2D eigenvalue weighted by atomic mass is 9.89. The first-order valence-electron chi connectivity index (χ1n) is 9.92. The van der Waals surface area contributed by atoms with E-state index in [0.29, 0.717) is 17.7 Å². The van der Waals surface area contributed by atoms with Crippen LogP contribution in [0.4, 0.5) is 0 Å². The number of ketones is 1. The minimum Gasteiger partial charge on any atom is -0.303 e. The van der Waals surface area contributed by atoms with Gasteiger partial charge in [0, 0.05) is 18.0 Å². The van der Waals surface area contributed by atoms with E-state index < -0.39 is 0 Å². The van der Waals surface area contributed by atoms with E-state index in [2.05, 4.69) is 4.90 Å². The van der Waals surface area contributed by atoms with Crippen LogP contribution in [0.1, 0.15) is 50.3 Å². The Morgan fingerprint density at radius 3 is 2.00 bits per heavy atom. The number of carbonyl (C=O) groups is 3. The lowest BCUT2D eigenvalue weighted by molar-refractivity contribution is 0.0639. The maximum atomic E-state index is 12.6. The maximum absolute atomic E-state index is 12.6. The summed E-state index contributed by atoms with van der Waals surface area (Å²) in [6.07, 6.45) is 2.48. The number of fused-ring (bicyclic) bond motifs is 1. The Kier molecular flexibility index (Phi) is 5.35. The highest BCUT2D eigenvalue weighted by Crippen LogP contribution is 2.24. The van der Waals surface area contributed by atoms with E-state index in [1.165, 1.54) is 4.90 Å². The standard InChI is InChI=1S/C23H24N2O3/c26-21(17-7-2-1-3-8-17)18-11-15-24(16-12-18)13-6-14-25-22(27)19-9-4-5-10-20(19)23(25)28/h1-5,7-10,18H,6,11-16H2. The first kappa shape index (κ1) is 18.6. The van der Waals surface area contributed by atoms with Crippen LogP contribution in [0.5, 0.6) is 0 Å². The number of likely N-dealkylation sites (tertiary alicyclic amines) is 1. The average Bonchev–Trinajstić information content (AvgIpc) is 2.99. The largest absolute Gasteiger partial charge is 0.303 e. The van der Waals surface area contributed by atoms with Crippen molar-refractivity contribution in [2.45, 2.75) is 19.3 Å². The highest BCUT2D eigenvalue weighted by atomic mass is 16.2. The maximum Gasteiger partial charge on any atom is 0.261 e. The monoisotopic (exact) mass is 376 g/mol. The van der Waals surface area contributed by atoms with Gasteiger partial charge >= 0.3 is 0 Å². The third-order valence-electron chi connectivity index (χ3n) is 5.75. The van der Waals surface area contributed by atoms with E-state index in [1.54, 1.807) is 24.3 Å². The molecule has 2 amide bonds. The van der Waals surface area contributed by atoms with Gasteiger partial charge in [0.25, 0.3) is 11.8 Å². The van der Waals surface area contributed by atoms with Crippen molar-refractivity contribution in [2.24, 2.45) is 5.92 Å². The Labute approximate surface area is 164 Å². The lowest BCUT2D eigenvalue weighted by Gasteiger charge is -2.31. The van der Waals surface area contributed by atoms with Crippen molar-refractivity contribution in [2.75, 3.05) is 26.2 Å². The molecule has 2 aromatic rings. The highest BCUT2D eigenvalue weighted by Gasteiger charge is 2.34. The molecule has 0 aliphatic carbocycles. The predicted molar refractivity (Wildman–Crippen MR) is 106 cm³/mol. The number of Topliss-reactive ketones (excluding diaryl/α,β-unsaturated/α-hetero) is 1. The molecule has 5 nitrogen and oxygen atoms in total. The second-order valence-electron chi connectivity index (χ2n) is 7.51. The number of nitrogens with zero attached hydrogens (tertiary/aromatic N) is 2. The number of carbonyl (C=O) groups excluding carboxylic acids is 3. The highest BCUT2D eigenvalue weighted by molar-refractivity contribution is 6.21. The molecule has 5 heteroatoms. The van der Waals surface area contributed by atoms with Crippen LogP contribution in [0.2, 0.25) is 0 Å². The minimum atomic E-state index is -0.187. The van der Waals surface area contributed by atoms with Gasteiger partial charge in [0.2, 0.25) is 0 Å². The summed E-state index contributed by atoms with van der Waals surface area (Å²) in [6.45, 7) is 3.03. The SMILES string of the molecule is O=C(c1ccccc1)C1CCN(CCCN2C(=O)c3ccccc3C2=O)CC1. The number of piperidine rings is 1. The molecule has 2 heterocycles. The fourth-order valence-electron chi connectivity index (χ4n) is 4.15. The third-order valence-corrected chi connectivity index (χ3v) is 5.75. The first-order chi connectivity index (χ1) is 13.6. The van der Waals surface area contributed by atoms with Crippen molar-refractivity contribution < 1.29 is 14.4 Å². The molecule has 0 aromatic heterocycles. The van der Waals surface area contributed by atoms with Gasteiger partial charge in [0.1, 0.15) is 0 Å². The molecule has 0 unspecified atom stereocenters. The number of hydrogen-bond acceptors (Lipinski definition) is 4. The number of rotatable bonds is 6. The molecule has 1 saturated heterocycles. The quantitative estimate of drug-likeness (QED) is 0.574. The Balaban J connectivity index is 1.24. The fraction of sp³-hybridized carbons (Fsp3) is 0.348. The number of hydrogen-bond donors (Lipinski definition) is 0. The summed E-state index contributed by atoms with van der Waals surface area (Å²) in [6, 6.07) is 16.5. The van der Waals surface area contributed by atoms with Crippen LogP contribution in [-0.2, 0) is 0 Å². The average molecular weight is 376 g/mol. The van der Waals surface area contributed by atoms with Crippen LogP contribution < -0.4 is 0 Å². The van der Waals surface area contributed by atoms with Gasteiger partial charge in [-0.2, -0.15) is 0 Å². The molecule has 0 radical (unpaired) electrons. The zero-order valence-electron chi connectivity index (χ0n) is 15.8. The Bertz CT molecular complexity index is 851. The van der Waals surface area contributed by atoms with Gasteiger partial charge in [-0.25, -0.2) is 0 Å². The molecule has 2 aliphatic rings. The van der Waals surface area contributed by atoms with Gasteiger partial charge in [-0.15, -0.1) is 0 Å². The molecular weight excluding hydrogens is 352 g/mol. The molecule has 28 heavy (non-hydrogen) atoms. The topological polar surface area (TPSA) is 57.7 Å². The van der Waals surface area contributed by atoms with Crippen LogP contribution in [-0.4, -0.2) is 53.6 Å². The van der Waals surface area contributed by atoms with Crippen LogP contribution in [0.3, 0.4) is 0 Å². The molecule has 0 atom stereocenters. The van der Waals surface area contributed by atoms with Crippen molar-refractivity contribution in [3.63, 3.8) is 0 Å². The summed E-state index contributed by atoms with van der Waals surface area (Å²) in [5, 5.41) is 0. The molecule has 2 aliphatic heterocycles. The zero-order valence-corrected chi connectivity index (χ0v) is 15.8. The van der Waals surface area contributed by atoms with Crippen molar-refractivity contribution in [1.82, 2.24) is 9.80 Å². The summed E-state index contributed by atoms with van der Waals surface area (Å²) in [7, 11) is 0. The minimum absolute atomic E-state index is 0.0925. The Morgan fingerprint density at radius 1 is 0.821 bits per heavy atom. The van der Waals surface area contributed by atoms with Crippen LogP contribution >= 0.6 is 0 Å². The van der Waals surface area contributed by atoms with Crippen LogP contribution in [0, 0.1) is 5.92 Å². The van der Waals surface area contributed by atoms with Gasteiger partial charge in [-0.3, -0.25) is 19.3 Å². The van der Waals surface area contributed by atoms with E-state index in [9.17, 15) is 14.4 Å². The van der Waals surface area contributed by atoms with E-state index >= 15 is 0 Å². The van der Waals surface area contributed by atoms with Gasteiger partial charge in [0.15, 0.2) is 5.78 Å². The molecular formula is C23H24N2O3. The van der Waals surface area contributed by atoms with E-state index in [1.807, 2.05) is 30.3 Å². The summed E-state index contributed by atoms with van der Waals surface area (Å²) >= 11 is 0. The predicted octanol–water partition coefficient (Wildman–Crippen LogP) is 3.27. The summed E-state index contributed by atoms with van der Waals surface area (Å²) in [5.74, 6) is -0.0401. The fourth-order valence-corrected chi connectivity index (χ4v) is 4.15. The smallest absolute Gasteiger partial charge is 0.261 e. The number of imide groups is 1. The molecule has 144 valence electrons. The first-order valence-corrected chi connectivity index (χ1v) is 9.92. The molecule has 0 saturated carbocycles. The van der Waals surface area contributed by atoms with E-state index in [4.69, 9.17) is 0 Å². The second-order valence-corrected chi connectivity index (χ2v) is 7.51. The third kappa shape index (κ3) is 3.62. The van der Waals surface area contributed by atoms with Crippen LogP contribution in [0.15, 0.2) is 54.6 Å². The second kappa shape index (κ2) is 8.07. The van der Waals surface area contributed by atoms with E-state index in [0.717, 1.165) is 44.5 Å². The van der Waals surface area contributed by atoms with Crippen LogP contribution in [0.25, 0.3) is 0 Å². The summed E-state index contributed by atoms with van der Waals surface area (Å²) < 4.78 is 0. The normalized spacial score (nSPS) is 17.8. The molecule has 1 fully saturated rings. The lowest BCUT2D eigenvalue weighted by Crippen LogP contribution is -2.38. The van der Waals surface area contributed by atoms with Gasteiger partial charge in [-0.05, 0) is 51.0 Å². The summed E-state index contributed by atoms with van der Waals surface area (Å²) in [4.78, 5) is 41.1. The van der Waals surface area contributed by atoms with Crippen molar-refractivity contribution in [3.8, 4) is 0 Å². The Morgan fingerprint density at radius 2 is 1.39 bits per heavy atom. The number of benzene rings is 2. The van der Waals surface area contributed by atoms with Crippen molar-refractivity contribution >= 4 is 17.6 Å². The molecule has 2 aromatic carbocycles. The van der Waals surface area contributed by atoms with Gasteiger partial charge in [-0.1, -0.05) is 42.5 Å². The zero-order chi connectivity index (χ0) is 19.5. The molecule has 4 rings (SSSR count). The summed E-state index contributed by atoms with van der Waals surface area (Å²) in [5.41, 5.74) is 1.81. The molecule has 0 bridgehead atoms. The van der Waals surface area contributed by atoms with Gasteiger partial charge in [0.05, 0.1) is 11.1 Å². The Hall–Kier alpha value is -2.79. The van der Waals surface area contributed by atoms with Crippen molar-refractivity contribution in [3.05, 3.63) is 71.3 Å².